The van der Waals surface area contributed by atoms with Gasteiger partial charge in [0.25, 0.3) is 5.91 Å². The number of carbonyl (C=O) groups excluding carboxylic acids is 2. The highest BCUT2D eigenvalue weighted by molar-refractivity contribution is 5.98. The first-order chi connectivity index (χ1) is 13.1. The topological polar surface area (TPSA) is 95.5 Å². The Balaban J connectivity index is 2.00. The van der Waals surface area contributed by atoms with Gasteiger partial charge in [-0.3, -0.25) is 9.59 Å². The van der Waals surface area contributed by atoms with Crippen LogP contribution in [0.5, 0.6) is 0 Å². The summed E-state index contributed by atoms with van der Waals surface area (Å²) in [5.74, 6) is -0.841. The number of carboxylic acids is 1. The Hall–Kier alpha value is -2.37. The molecule has 2 rings (SSSR count). The first-order valence-corrected chi connectivity index (χ1v) is 10.0. The van der Waals surface area contributed by atoms with Gasteiger partial charge in [-0.05, 0) is 49.3 Å². The Labute approximate surface area is 167 Å². The van der Waals surface area contributed by atoms with E-state index in [0.29, 0.717) is 30.9 Å². The molecule has 0 atom stereocenters. The highest BCUT2D eigenvalue weighted by Crippen LogP contribution is 2.34. The molecule has 0 saturated heterocycles. The molecule has 0 spiro atoms. The monoisotopic (exact) mass is 388 g/mol. The lowest BCUT2D eigenvalue weighted by Crippen LogP contribution is -2.56. The number of rotatable bonds is 6. The van der Waals surface area contributed by atoms with Gasteiger partial charge in [-0.1, -0.05) is 46.2 Å². The number of hydrogen-bond acceptors (Lipinski definition) is 3. The van der Waals surface area contributed by atoms with E-state index in [-0.39, 0.29) is 11.8 Å². The fourth-order valence-electron chi connectivity index (χ4n) is 3.48. The SMILES string of the molecule is CCC1CCC(NC(=O)c2ccc(CNC(=O)C(C)(C)C)cc2)(C(=O)O)CC1. The van der Waals surface area contributed by atoms with E-state index in [0.717, 1.165) is 24.8 Å². The molecule has 0 aromatic heterocycles. The Morgan fingerprint density at radius 1 is 1.11 bits per heavy atom. The van der Waals surface area contributed by atoms with E-state index in [9.17, 15) is 19.5 Å². The molecule has 3 N–H and O–H groups in total. The molecule has 28 heavy (non-hydrogen) atoms. The second-order valence-corrected chi connectivity index (χ2v) is 8.82. The van der Waals surface area contributed by atoms with Gasteiger partial charge >= 0.3 is 5.97 Å². The number of aliphatic carboxylic acids is 1. The maximum Gasteiger partial charge on any atom is 0.329 e. The molecule has 0 bridgehead atoms. The van der Waals surface area contributed by atoms with Gasteiger partial charge in [-0.2, -0.15) is 0 Å². The molecule has 1 fully saturated rings. The lowest BCUT2D eigenvalue weighted by atomic mass is 9.75. The van der Waals surface area contributed by atoms with Crippen molar-refractivity contribution in [3.63, 3.8) is 0 Å². The van der Waals surface area contributed by atoms with Gasteiger partial charge in [-0.15, -0.1) is 0 Å². The summed E-state index contributed by atoms with van der Waals surface area (Å²) in [5, 5.41) is 15.4. The number of carboxylic acid groups (broad SMARTS) is 1. The molecule has 154 valence electrons. The first-order valence-electron chi connectivity index (χ1n) is 10.0. The zero-order valence-corrected chi connectivity index (χ0v) is 17.3. The largest absolute Gasteiger partial charge is 0.480 e. The standard InChI is InChI=1S/C22H32N2O4/c1-5-15-10-12-22(13-11-15,20(27)28)24-18(25)17-8-6-16(7-9-17)14-23-19(26)21(2,3)4/h6-9,15H,5,10-14H2,1-4H3,(H,23,26)(H,24,25)(H,27,28). The molecule has 6 nitrogen and oxygen atoms in total. The van der Waals surface area contributed by atoms with Crippen molar-refractivity contribution in [3.8, 4) is 0 Å². The van der Waals surface area contributed by atoms with Crippen molar-refractivity contribution in [1.82, 2.24) is 10.6 Å². The van der Waals surface area contributed by atoms with Crippen LogP contribution in [0, 0.1) is 11.3 Å². The zero-order valence-electron chi connectivity index (χ0n) is 17.3. The van der Waals surface area contributed by atoms with Crippen LogP contribution < -0.4 is 10.6 Å². The van der Waals surface area contributed by atoms with Gasteiger partial charge in [0.05, 0.1) is 0 Å². The van der Waals surface area contributed by atoms with E-state index in [2.05, 4.69) is 17.6 Å². The molecule has 1 aromatic rings. The van der Waals surface area contributed by atoms with Crippen LogP contribution in [-0.2, 0) is 16.1 Å². The van der Waals surface area contributed by atoms with E-state index >= 15 is 0 Å². The Morgan fingerprint density at radius 2 is 1.68 bits per heavy atom. The summed E-state index contributed by atoms with van der Waals surface area (Å²) in [6.07, 6.45) is 3.59. The van der Waals surface area contributed by atoms with Crippen molar-refractivity contribution in [1.29, 1.82) is 0 Å². The van der Waals surface area contributed by atoms with Gasteiger partial charge in [0.15, 0.2) is 0 Å². The zero-order chi connectivity index (χ0) is 20.9. The predicted molar refractivity (Wildman–Crippen MR) is 108 cm³/mol. The number of benzene rings is 1. The molecule has 0 aliphatic heterocycles. The number of nitrogens with one attached hydrogen (secondary N) is 2. The van der Waals surface area contributed by atoms with Crippen LogP contribution >= 0.6 is 0 Å². The summed E-state index contributed by atoms with van der Waals surface area (Å²) in [6, 6.07) is 6.89. The summed E-state index contributed by atoms with van der Waals surface area (Å²) in [7, 11) is 0. The molecule has 2 amide bonds. The van der Waals surface area contributed by atoms with Gasteiger partial charge in [0, 0.05) is 17.5 Å². The molecular weight excluding hydrogens is 356 g/mol. The summed E-state index contributed by atoms with van der Waals surface area (Å²) in [6.45, 7) is 8.05. The van der Waals surface area contributed by atoms with Crippen molar-refractivity contribution in [2.24, 2.45) is 11.3 Å². The predicted octanol–water partition coefficient (Wildman–Crippen LogP) is 3.50. The second-order valence-electron chi connectivity index (χ2n) is 8.82. The lowest BCUT2D eigenvalue weighted by molar-refractivity contribution is -0.146. The highest BCUT2D eigenvalue weighted by atomic mass is 16.4. The van der Waals surface area contributed by atoms with Crippen molar-refractivity contribution >= 4 is 17.8 Å². The molecular formula is C22H32N2O4. The van der Waals surface area contributed by atoms with Gasteiger partial charge in [0.2, 0.25) is 5.91 Å². The van der Waals surface area contributed by atoms with Crippen molar-refractivity contribution in [2.45, 2.75) is 71.9 Å². The third-order valence-electron chi connectivity index (χ3n) is 5.65. The van der Waals surface area contributed by atoms with Crippen LogP contribution in [0.1, 0.15) is 75.7 Å². The molecule has 1 saturated carbocycles. The molecule has 1 aromatic carbocycles. The third-order valence-corrected chi connectivity index (χ3v) is 5.65. The Kier molecular flexibility index (Phi) is 6.86. The van der Waals surface area contributed by atoms with Gasteiger partial charge in [-0.25, -0.2) is 4.79 Å². The minimum atomic E-state index is -1.18. The van der Waals surface area contributed by atoms with E-state index in [1.54, 1.807) is 24.3 Å². The maximum absolute atomic E-state index is 12.6. The van der Waals surface area contributed by atoms with Crippen LogP contribution in [0.3, 0.4) is 0 Å². The van der Waals surface area contributed by atoms with Crippen LogP contribution in [0.4, 0.5) is 0 Å². The molecule has 1 aliphatic rings. The van der Waals surface area contributed by atoms with Gasteiger partial charge < -0.3 is 15.7 Å². The Morgan fingerprint density at radius 3 is 2.14 bits per heavy atom. The second kappa shape index (κ2) is 8.76. The number of carbonyl (C=O) groups is 3. The van der Waals surface area contributed by atoms with Crippen LogP contribution in [-0.4, -0.2) is 28.4 Å². The first kappa shape index (κ1) is 21.9. The smallest absolute Gasteiger partial charge is 0.329 e. The summed E-state index contributed by atoms with van der Waals surface area (Å²) in [4.78, 5) is 36.5. The molecule has 0 radical (unpaired) electrons. The minimum Gasteiger partial charge on any atom is -0.480 e. The van der Waals surface area contributed by atoms with E-state index in [1.807, 2.05) is 20.8 Å². The molecule has 1 aliphatic carbocycles. The molecule has 0 unspecified atom stereocenters. The third kappa shape index (κ3) is 5.33. The van der Waals surface area contributed by atoms with E-state index in [1.165, 1.54) is 0 Å². The fraction of sp³-hybridized carbons (Fsp3) is 0.591. The van der Waals surface area contributed by atoms with Crippen molar-refractivity contribution < 1.29 is 19.5 Å². The van der Waals surface area contributed by atoms with Crippen molar-refractivity contribution in [2.75, 3.05) is 0 Å². The summed E-state index contributed by atoms with van der Waals surface area (Å²) < 4.78 is 0. The minimum absolute atomic E-state index is 0.0413. The number of amides is 2. The van der Waals surface area contributed by atoms with Crippen LogP contribution in [0.15, 0.2) is 24.3 Å². The number of hydrogen-bond donors (Lipinski definition) is 3. The van der Waals surface area contributed by atoms with Crippen molar-refractivity contribution in [3.05, 3.63) is 35.4 Å². The average Bonchev–Trinajstić information content (AvgIpc) is 2.66. The van der Waals surface area contributed by atoms with E-state index in [4.69, 9.17) is 0 Å². The summed E-state index contributed by atoms with van der Waals surface area (Å²) in [5.41, 5.74) is -0.334. The summed E-state index contributed by atoms with van der Waals surface area (Å²) >= 11 is 0. The fourth-order valence-corrected chi connectivity index (χ4v) is 3.48. The molecule has 6 heteroatoms. The maximum atomic E-state index is 12.6. The average molecular weight is 389 g/mol. The Bertz CT molecular complexity index is 711. The quantitative estimate of drug-likeness (QED) is 0.695. The highest BCUT2D eigenvalue weighted by Gasteiger charge is 2.43. The van der Waals surface area contributed by atoms with Crippen LogP contribution in [0.25, 0.3) is 0 Å². The molecule has 0 heterocycles. The van der Waals surface area contributed by atoms with Crippen LogP contribution in [0.2, 0.25) is 0 Å². The lowest BCUT2D eigenvalue weighted by Gasteiger charge is -2.37. The van der Waals surface area contributed by atoms with E-state index < -0.39 is 16.9 Å². The normalized spacial score (nSPS) is 22.4. The van der Waals surface area contributed by atoms with Gasteiger partial charge in [0.1, 0.15) is 5.54 Å².